The summed E-state index contributed by atoms with van der Waals surface area (Å²) in [6, 6.07) is 0. The first-order valence-corrected chi connectivity index (χ1v) is 8.61. The smallest absolute Gasteiger partial charge is 0.220 e. The number of amides is 1. The predicted molar refractivity (Wildman–Crippen MR) is 103 cm³/mol. The Morgan fingerprint density at radius 3 is 2.21 bits per heavy atom. The first kappa shape index (κ1) is 26.8. The molecule has 0 spiro atoms. The van der Waals surface area contributed by atoms with Crippen LogP contribution in [0.5, 0.6) is 0 Å². The quantitative estimate of drug-likeness (QED) is 0.249. The molecule has 24 heavy (non-hydrogen) atoms. The van der Waals surface area contributed by atoms with Crippen molar-refractivity contribution in [3.8, 4) is 12.8 Å². The van der Waals surface area contributed by atoms with E-state index >= 15 is 0 Å². The lowest BCUT2D eigenvalue weighted by Gasteiger charge is -2.04. The van der Waals surface area contributed by atoms with Crippen LogP contribution in [-0.4, -0.2) is 43.1 Å². The lowest BCUT2D eigenvalue weighted by Crippen LogP contribution is -2.33. The molecule has 0 aliphatic heterocycles. The van der Waals surface area contributed by atoms with Crippen molar-refractivity contribution < 1.29 is 14.2 Å². The summed E-state index contributed by atoms with van der Waals surface area (Å²) in [5.41, 5.74) is 0. The van der Waals surface area contributed by atoms with Crippen molar-refractivity contribution in [2.45, 2.75) is 59.3 Å². The summed E-state index contributed by atoms with van der Waals surface area (Å²) in [5, 5.41) is 5.49. The number of unbranched alkanes of at least 4 members (excludes halogenated alkanes) is 4. The molecule has 0 rings (SSSR count). The van der Waals surface area contributed by atoms with E-state index in [0.29, 0.717) is 6.42 Å². The van der Waals surface area contributed by atoms with Crippen LogP contribution in [0.3, 0.4) is 0 Å². The van der Waals surface area contributed by atoms with E-state index in [1.807, 2.05) is 13.8 Å². The fraction of sp³-hybridized carbons (Fsp3) is 0.632. The standard InChI is InChI=1S/C15H27N3O2.C2H6.C2H2/c1-4-5-6-7-8-9-15(20)17-13-14(19)12-16-10-11-18(2)3;2*1-2/h10-11,16H,2,4-9,12-13H2,1,3H3;1-2H3;1-2H/p+1/b11-10-;;. The summed E-state index contributed by atoms with van der Waals surface area (Å²) in [6.07, 6.45) is 17.5. The van der Waals surface area contributed by atoms with Gasteiger partial charge in [0, 0.05) is 6.42 Å². The number of Topliss-reactive ketones (excluding diaryl/α,β-unsaturated/α-hetero) is 1. The maximum atomic E-state index is 11.5. The molecular formula is C19H36N3O2+. The molecule has 138 valence electrons. The normalized spacial score (nSPS) is 9.08. The van der Waals surface area contributed by atoms with Gasteiger partial charge in [0.1, 0.15) is 13.8 Å². The van der Waals surface area contributed by atoms with Crippen molar-refractivity contribution in [3.05, 3.63) is 12.4 Å². The highest BCUT2D eigenvalue weighted by atomic mass is 16.2. The molecule has 0 aliphatic carbocycles. The van der Waals surface area contributed by atoms with Gasteiger partial charge in [-0.2, -0.15) is 0 Å². The molecule has 1 amide bonds. The molecule has 0 radical (unpaired) electrons. The average Bonchev–Trinajstić information content (AvgIpc) is 2.60. The van der Waals surface area contributed by atoms with Crippen LogP contribution in [0.2, 0.25) is 0 Å². The van der Waals surface area contributed by atoms with Crippen molar-refractivity contribution in [1.29, 1.82) is 0 Å². The number of carbonyl (C=O) groups is 2. The van der Waals surface area contributed by atoms with Gasteiger partial charge in [-0.3, -0.25) is 9.59 Å². The Morgan fingerprint density at radius 1 is 1.08 bits per heavy atom. The van der Waals surface area contributed by atoms with E-state index in [0.717, 1.165) is 12.8 Å². The molecule has 0 saturated heterocycles. The molecule has 2 N–H and O–H groups in total. The van der Waals surface area contributed by atoms with Gasteiger partial charge in [-0.25, -0.2) is 4.58 Å². The van der Waals surface area contributed by atoms with Gasteiger partial charge in [-0.15, -0.1) is 12.8 Å². The van der Waals surface area contributed by atoms with E-state index in [-0.39, 0.29) is 24.8 Å². The van der Waals surface area contributed by atoms with Crippen molar-refractivity contribution in [2.75, 3.05) is 20.1 Å². The van der Waals surface area contributed by atoms with Crippen LogP contribution in [0.25, 0.3) is 0 Å². The maximum absolute atomic E-state index is 11.5. The lowest BCUT2D eigenvalue weighted by molar-refractivity contribution is -0.412. The highest BCUT2D eigenvalue weighted by Crippen LogP contribution is 2.04. The third-order valence-electron chi connectivity index (χ3n) is 2.74. The Hall–Kier alpha value is -2.09. The van der Waals surface area contributed by atoms with E-state index in [2.05, 4.69) is 37.1 Å². The van der Waals surface area contributed by atoms with Crippen LogP contribution in [0.4, 0.5) is 0 Å². The molecule has 0 fully saturated rings. The number of hydrogen-bond acceptors (Lipinski definition) is 3. The molecular weight excluding hydrogens is 302 g/mol. The summed E-state index contributed by atoms with van der Waals surface area (Å²) >= 11 is 0. The number of ketones is 1. The Balaban J connectivity index is -0.00000102. The van der Waals surface area contributed by atoms with Crippen molar-refractivity contribution in [2.24, 2.45) is 0 Å². The first-order valence-electron chi connectivity index (χ1n) is 8.61. The number of nitrogens with one attached hydrogen (secondary N) is 2. The first-order chi connectivity index (χ1) is 11.6. The molecule has 0 heterocycles. The second kappa shape index (κ2) is 23.2. The van der Waals surface area contributed by atoms with E-state index < -0.39 is 0 Å². The Kier molecular flexibility index (Phi) is 25.9. The minimum atomic E-state index is -0.0410. The van der Waals surface area contributed by atoms with Gasteiger partial charge in [-0.1, -0.05) is 46.5 Å². The Bertz CT molecular complexity index is 374. The van der Waals surface area contributed by atoms with Crippen LogP contribution in [0.1, 0.15) is 59.3 Å². The topological polar surface area (TPSA) is 61.2 Å². The van der Waals surface area contributed by atoms with Crippen molar-refractivity contribution in [1.82, 2.24) is 10.6 Å². The molecule has 0 atom stereocenters. The lowest BCUT2D eigenvalue weighted by atomic mass is 10.1. The third kappa shape index (κ3) is 24.9. The number of carbonyl (C=O) groups excluding carboxylic acids is 2. The monoisotopic (exact) mass is 338 g/mol. The molecule has 0 saturated carbocycles. The van der Waals surface area contributed by atoms with Gasteiger partial charge in [0.15, 0.2) is 12.0 Å². The molecule has 5 nitrogen and oxygen atoms in total. The summed E-state index contributed by atoms with van der Waals surface area (Å²) in [7, 11) is 1.79. The third-order valence-corrected chi connectivity index (χ3v) is 2.74. The Labute approximate surface area is 148 Å². The van der Waals surface area contributed by atoms with Gasteiger partial charge in [0.25, 0.3) is 0 Å². The highest BCUT2D eigenvalue weighted by Gasteiger charge is 2.04. The largest absolute Gasteiger partial charge is 0.379 e. The summed E-state index contributed by atoms with van der Waals surface area (Å²) in [5.74, 6) is -0.0800. The number of rotatable bonds is 12. The molecule has 0 aromatic rings. The Morgan fingerprint density at radius 2 is 1.67 bits per heavy atom. The SMILES string of the molecule is C#C.C=[N+](C)/C=C\NCC(=O)CNC(=O)CCCCCCC.CC. The van der Waals surface area contributed by atoms with Crippen LogP contribution in [0, 0.1) is 12.8 Å². The molecule has 0 aliphatic rings. The average molecular weight is 339 g/mol. The second-order valence-electron chi connectivity index (χ2n) is 4.93. The van der Waals surface area contributed by atoms with E-state index in [1.165, 1.54) is 19.3 Å². The highest BCUT2D eigenvalue weighted by molar-refractivity contribution is 5.87. The van der Waals surface area contributed by atoms with E-state index in [9.17, 15) is 9.59 Å². The second-order valence-corrected chi connectivity index (χ2v) is 4.93. The van der Waals surface area contributed by atoms with Crippen LogP contribution in [-0.2, 0) is 9.59 Å². The van der Waals surface area contributed by atoms with Gasteiger partial charge in [-0.05, 0) is 6.42 Å². The van der Waals surface area contributed by atoms with Crippen molar-refractivity contribution in [3.63, 3.8) is 0 Å². The molecule has 0 aromatic carbocycles. The summed E-state index contributed by atoms with van der Waals surface area (Å²) < 4.78 is 1.62. The number of hydrogen-bond donors (Lipinski definition) is 2. The fourth-order valence-corrected chi connectivity index (χ4v) is 1.59. The van der Waals surface area contributed by atoms with E-state index in [1.54, 1.807) is 24.0 Å². The summed E-state index contributed by atoms with van der Waals surface area (Å²) in [4.78, 5) is 23.0. The van der Waals surface area contributed by atoms with Crippen LogP contribution in [0.15, 0.2) is 12.4 Å². The maximum Gasteiger partial charge on any atom is 0.220 e. The van der Waals surface area contributed by atoms with E-state index in [4.69, 9.17) is 0 Å². The van der Waals surface area contributed by atoms with Gasteiger partial charge in [0.2, 0.25) is 5.91 Å². The van der Waals surface area contributed by atoms with Gasteiger partial charge >= 0.3 is 0 Å². The number of terminal acetylenes is 1. The van der Waals surface area contributed by atoms with Crippen LogP contribution >= 0.6 is 0 Å². The molecule has 0 bridgehead atoms. The minimum absolute atomic E-state index is 0.0390. The molecule has 0 unspecified atom stereocenters. The number of nitrogens with zero attached hydrogens (tertiary/aromatic N) is 1. The minimum Gasteiger partial charge on any atom is -0.379 e. The van der Waals surface area contributed by atoms with Gasteiger partial charge in [0.05, 0.1) is 19.3 Å². The zero-order valence-electron chi connectivity index (χ0n) is 15.9. The fourth-order valence-electron chi connectivity index (χ4n) is 1.59. The molecule has 5 heteroatoms. The summed E-state index contributed by atoms with van der Waals surface area (Å²) in [6.45, 7) is 10.1. The predicted octanol–water partition coefficient (Wildman–Crippen LogP) is 2.71. The van der Waals surface area contributed by atoms with Crippen molar-refractivity contribution >= 4 is 18.4 Å². The van der Waals surface area contributed by atoms with Crippen LogP contribution < -0.4 is 10.6 Å². The zero-order chi connectivity index (χ0) is 19.2. The zero-order valence-corrected chi connectivity index (χ0v) is 15.9. The molecule has 0 aromatic heterocycles. The van der Waals surface area contributed by atoms with Gasteiger partial charge < -0.3 is 10.6 Å².